The average Bonchev–Trinajstić information content (AvgIpc) is 2.88. The largest absolute Gasteiger partial charge is 0.394 e. The van der Waals surface area contributed by atoms with Gasteiger partial charge in [-0.25, -0.2) is 4.99 Å². The number of halogens is 1. The van der Waals surface area contributed by atoms with Crippen molar-refractivity contribution in [2.45, 2.75) is 24.5 Å². The smallest absolute Gasteiger partial charge is 0.286 e. The number of aliphatic hydroxyl groups is 3. The summed E-state index contributed by atoms with van der Waals surface area (Å²) in [7, 11) is 0. The van der Waals surface area contributed by atoms with E-state index in [1.54, 1.807) is 24.3 Å². The van der Waals surface area contributed by atoms with Gasteiger partial charge in [-0.05, 0) is 30.2 Å². The quantitative estimate of drug-likeness (QED) is 0.235. The Morgan fingerprint density at radius 1 is 1.23 bits per heavy atom. The minimum absolute atomic E-state index is 0.246. The van der Waals surface area contributed by atoms with Gasteiger partial charge in [-0.15, -0.1) is 0 Å². The number of carbonyl (C=O) groups excluding carboxylic acids is 1. The number of aliphatic hydroxyl groups excluding tert-OH is 3. The molecule has 1 aliphatic heterocycles. The summed E-state index contributed by atoms with van der Waals surface area (Å²) in [6, 6.07) is 6.64. The molecular formula is C16H17ClN4O5. The lowest BCUT2D eigenvalue weighted by molar-refractivity contribution is -0.112. The Morgan fingerprint density at radius 2 is 1.88 bits per heavy atom. The van der Waals surface area contributed by atoms with E-state index < -0.39 is 42.9 Å². The van der Waals surface area contributed by atoms with Crippen molar-refractivity contribution in [3.63, 3.8) is 0 Å². The third-order valence-corrected chi connectivity index (χ3v) is 3.64. The molecule has 0 radical (unpaired) electrons. The highest BCUT2D eigenvalue weighted by Gasteiger charge is 2.42. The Labute approximate surface area is 154 Å². The topological polar surface area (TPSA) is 164 Å². The molecule has 7 N–H and O–H groups in total. The number of hydrogen-bond donors (Lipinski definition) is 5. The Morgan fingerprint density at radius 3 is 2.42 bits per heavy atom. The van der Waals surface area contributed by atoms with Gasteiger partial charge in [0, 0.05) is 10.6 Å². The maximum Gasteiger partial charge on any atom is 0.286 e. The molecule has 26 heavy (non-hydrogen) atoms. The number of aliphatic imine (C=N–C) groups is 2. The summed E-state index contributed by atoms with van der Waals surface area (Å²) in [6.07, 6.45) is -5.20. The number of rotatable bonds is 2. The predicted octanol–water partition coefficient (Wildman–Crippen LogP) is -1.63. The van der Waals surface area contributed by atoms with Crippen LogP contribution in [-0.4, -0.2) is 64.0 Å². The minimum atomic E-state index is -1.46. The Kier molecular flexibility index (Phi) is 6.68. The van der Waals surface area contributed by atoms with Crippen molar-refractivity contribution < 1.29 is 24.9 Å². The van der Waals surface area contributed by atoms with E-state index in [1.165, 1.54) is 0 Å². The van der Waals surface area contributed by atoms with E-state index in [4.69, 9.17) is 32.9 Å². The van der Waals surface area contributed by atoms with Crippen molar-refractivity contribution >= 4 is 29.2 Å². The van der Waals surface area contributed by atoms with E-state index in [0.29, 0.717) is 10.6 Å². The van der Waals surface area contributed by atoms with E-state index in [0.717, 1.165) is 0 Å². The Hall–Kier alpha value is -2.48. The molecule has 0 aromatic heterocycles. The maximum atomic E-state index is 11.5. The van der Waals surface area contributed by atoms with E-state index in [9.17, 15) is 15.0 Å². The highest BCUT2D eigenvalue weighted by atomic mass is 35.5. The number of nitrogens with zero attached hydrogens (tertiary/aromatic N) is 2. The second-order valence-corrected chi connectivity index (χ2v) is 5.74. The molecule has 2 rings (SSSR count). The zero-order valence-electron chi connectivity index (χ0n) is 13.4. The SMILES string of the molecule is NC(=O)/C(N=C(N)C#Cc1ccc(Cl)cc1)=N\[C@@H]1O[C@H](CO)C(O)C1O. The summed E-state index contributed by atoms with van der Waals surface area (Å²) in [5, 5.41) is 29.1. The molecule has 2 unspecified atom stereocenters. The molecule has 1 aromatic rings. The zero-order valence-corrected chi connectivity index (χ0v) is 14.2. The van der Waals surface area contributed by atoms with E-state index in [-0.39, 0.29) is 5.84 Å². The van der Waals surface area contributed by atoms with Gasteiger partial charge in [0.15, 0.2) is 12.1 Å². The maximum absolute atomic E-state index is 11.5. The minimum Gasteiger partial charge on any atom is -0.394 e. The number of amides is 1. The molecule has 1 aliphatic rings. The second kappa shape index (κ2) is 8.75. The van der Waals surface area contributed by atoms with Crippen molar-refractivity contribution in [1.29, 1.82) is 0 Å². The van der Waals surface area contributed by atoms with Crippen LogP contribution in [0.15, 0.2) is 34.3 Å². The van der Waals surface area contributed by atoms with Gasteiger partial charge in [-0.1, -0.05) is 17.5 Å². The van der Waals surface area contributed by atoms with Crippen molar-refractivity contribution in [3.8, 4) is 11.8 Å². The van der Waals surface area contributed by atoms with Crippen molar-refractivity contribution in [2.24, 2.45) is 21.5 Å². The van der Waals surface area contributed by atoms with Crippen LogP contribution in [0, 0.1) is 11.8 Å². The highest BCUT2D eigenvalue weighted by Crippen LogP contribution is 2.22. The van der Waals surface area contributed by atoms with Crippen LogP contribution in [-0.2, 0) is 9.53 Å². The third kappa shape index (κ3) is 5.01. The zero-order chi connectivity index (χ0) is 19.3. The van der Waals surface area contributed by atoms with Crippen molar-refractivity contribution in [1.82, 2.24) is 0 Å². The normalized spacial score (nSPS) is 26.3. The lowest BCUT2D eigenvalue weighted by Gasteiger charge is -2.10. The van der Waals surface area contributed by atoms with Gasteiger partial charge in [0.1, 0.15) is 18.3 Å². The fraction of sp³-hybridized carbons (Fsp3) is 0.312. The average molecular weight is 381 g/mol. The van der Waals surface area contributed by atoms with Crippen LogP contribution in [0.2, 0.25) is 5.02 Å². The van der Waals surface area contributed by atoms with Crippen molar-refractivity contribution in [3.05, 3.63) is 34.9 Å². The van der Waals surface area contributed by atoms with Gasteiger partial charge in [-0.3, -0.25) is 4.79 Å². The van der Waals surface area contributed by atoms with Crippen LogP contribution in [0.5, 0.6) is 0 Å². The molecule has 138 valence electrons. The summed E-state index contributed by atoms with van der Waals surface area (Å²) in [5.74, 6) is 3.42. The lowest BCUT2D eigenvalue weighted by Crippen LogP contribution is -2.34. The number of carbonyl (C=O) groups is 1. The molecule has 4 atom stereocenters. The van der Waals surface area contributed by atoms with Crippen LogP contribution in [0.25, 0.3) is 0 Å². The number of nitrogens with two attached hydrogens (primary N) is 2. The first-order valence-electron chi connectivity index (χ1n) is 7.43. The summed E-state index contributed by atoms with van der Waals surface area (Å²) in [6.45, 7) is -0.534. The summed E-state index contributed by atoms with van der Waals surface area (Å²) in [4.78, 5) is 19.0. The molecule has 0 aliphatic carbocycles. The first kappa shape index (κ1) is 19.8. The molecule has 0 saturated carbocycles. The second-order valence-electron chi connectivity index (χ2n) is 5.30. The van der Waals surface area contributed by atoms with Gasteiger partial charge in [-0.2, -0.15) is 4.99 Å². The molecule has 1 heterocycles. The number of amidine groups is 2. The molecule has 10 heteroatoms. The van der Waals surface area contributed by atoms with Crippen molar-refractivity contribution in [2.75, 3.05) is 6.61 Å². The van der Waals surface area contributed by atoms with Crippen LogP contribution in [0.1, 0.15) is 5.56 Å². The highest BCUT2D eigenvalue weighted by molar-refractivity contribution is 6.39. The van der Waals surface area contributed by atoms with Gasteiger partial charge >= 0.3 is 0 Å². The standard InChI is InChI=1S/C16H17ClN4O5/c17-9-4-1-8(2-5-9)3-6-11(18)20-15(14(19)25)21-16-13(24)12(23)10(7-22)26-16/h1-2,4-5,10,12-13,16,22-24H,7H2,(H2,19,25)(H2,18,20,21)/t10-,12?,13?,16-/m1/s1. The molecule has 1 fully saturated rings. The monoisotopic (exact) mass is 380 g/mol. The van der Waals surface area contributed by atoms with Crippen LogP contribution >= 0.6 is 11.6 Å². The first-order valence-corrected chi connectivity index (χ1v) is 7.81. The molecule has 0 spiro atoms. The fourth-order valence-corrected chi connectivity index (χ4v) is 2.19. The fourth-order valence-electron chi connectivity index (χ4n) is 2.07. The lowest BCUT2D eigenvalue weighted by atomic mass is 10.1. The van der Waals surface area contributed by atoms with Gasteiger partial charge in [0.2, 0.25) is 5.84 Å². The number of benzene rings is 1. The number of hydrogen-bond acceptors (Lipinski definition) is 6. The predicted molar refractivity (Wildman–Crippen MR) is 94.3 cm³/mol. The van der Waals surface area contributed by atoms with E-state index in [2.05, 4.69) is 21.8 Å². The van der Waals surface area contributed by atoms with Crippen LogP contribution in [0.3, 0.4) is 0 Å². The van der Waals surface area contributed by atoms with E-state index >= 15 is 0 Å². The molecule has 0 bridgehead atoms. The van der Waals surface area contributed by atoms with Crippen LogP contribution < -0.4 is 11.5 Å². The molecule has 1 amide bonds. The first-order chi connectivity index (χ1) is 12.3. The Bertz CT molecular complexity index is 784. The Balaban J connectivity index is 2.20. The third-order valence-electron chi connectivity index (χ3n) is 3.39. The molecule has 9 nitrogen and oxygen atoms in total. The van der Waals surface area contributed by atoms with Gasteiger partial charge < -0.3 is 31.5 Å². The molecule has 1 saturated heterocycles. The summed E-state index contributed by atoms with van der Waals surface area (Å²) >= 11 is 5.77. The number of primary amides is 1. The summed E-state index contributed by atoms with van der Waals surface area (Å²) < 4.78 is 5.13. The van der Waals surface area contributed by atoms with Crippen LogP contribution in [0.4, 0.5) is 0 Å². The van der Waals surface area contributed by atoms with E-state index in [1.807, 2.05) is 0 Å². The molecule has 1 aromatic carbocycles. The van der Waals surface area contributed by atoms with Gasteiger partial charge in [0.25, 0.3) is 5.91 Å². The van der Waals surface area contributed by atoms with Gasteiger partial charge in [0.05, 0.1) is 6.61 Å². The number of ether oxygens (including phenoxy) is 1. The molecular weight excluding hydrogens is 364 g/mol. The summed E-state index contributed by atoms with van der Waals surface area (Å²) in [5.41, 5.74) is 11.5.